The van der Waals surface area contributed by atoms with Crippen molar-refractivity contribution in [3.8, 4) is 0 Å². The molecular formula is C58H59Cl4NO21S. The standard InChI is InChI=1S/C58H59Cl4NO21S/c1-27-46(76-29(3)65)50(78-31(5)67)52(74-24-35-19-13-9-14-20-35)56(75-27)84-49-45(63-54(70)39-40(55(63)71)42(60)44(62)43(61)41(39)59)58(85-36-21-15-10-16-22-36)82-37(25-72-23-34-17-11-8-12-18-34)47(49)83-57-53(80-33(7)69)51(79-32(6)68)48(77-30(4)66)38(81-57)26-73-28(2)64/h8-22,27,37-38,45-53,56-58H,23-26H2,1-7H3/t27-,37+,38+,45+,46+,47+,48-,49+,50+,51-,52-,53+,56-,57-,58-/m0/s1. The molecule has 8 rings (SSSR count). The Labute approximate surface area is 512 Å². The molecule has 27 heteroatoms. The van der Waals surface area contributed by atoms with Crippen LogP contribution >= 0.6 is 58.2 Å². The van der Waals surface area contributed by atoms with E-state index in [0.717, 1.165) is 63.8 Å². The van der Waals surface area contributed by atoms with E-state index < -0.39 is 173 Å². The fourth-order valence-electron chi connectivity index (χ4n) is 10.2. The molecule has 4 heterocycles. The highest BCUT2D eigenvalue weighted by Gasteiger charge is 2.61. The molecule has 0 aromatic heterocycles. The van der Waals surface area contributed by atoms with Crippen LogP contribution in [-0.4, -0.2) is 157 Å². The quantitative estimate of drug-likeness (QED) is 0.0251. The first-order chi connectivity index (χ1) is 40.5. The molecule has 0 aliphatic carbocycles. The largest absolute Gasteiger partial charge is 0.463 e. The lowest BCUT2D eigenvalue weighted by molar-refractivity contribution is -0.364. The number of rotatable bonds is 21. The summed E-state index contributed by atoms with van der Waals surface area (Å²) in [6.45, 7) is 6.69. The first-order valence-corrected chi connectivity index (χ1v) is 28.9. The second kappa shape index (κ2) is 29.2. The summed E-state index contributed by atoms with van der Waals surface area (Å²) in [5.41, 5.74) is -0.975. The molecule has 15 atom stereocenters. The van der Waals surface area contributed by atoms with Crippen LogP contribution in [0.4, 0.5) is 0 Å². The molecule has 3 fully saturated rings. The van der Waals surface area contributed by atoms with E-state index in [1.807, 2.05) is 6.07 Å². The number of carbonyl (C=O) groups is 8. The maximum absolute atomic E-state index is 15.5. The summed E-state index contributed by atoms with van der Waals surface area (Å²) in [5, 5.41) is -1.54. The average Bonchev–Trinajstić information content (AvgIpc) is 2.38. The summed E-state index contributed by atoms with van der Waals surface area (Å²) in [6.07, 6.45) is -21.3. The van der Waals surface area contributed by atoms with Crippen molar-refractivity contribution in [1.29, 1.82) is 0 Å². The van der Waals surface area contributed by atoms with Crippen molar-refractivity contribution in [1.82, 2.24) is 4.90 Å². The number of fused-ring (bicyclic) bond motifs is 1. The predicted octanol–water partition coefficient (Wildman–Crippen LogP) is 8.05. The molecule has 2 amide bonds. The number of benzene rings is 4. The van der Waals surface area contributed by atoms with E-state index in [1.165, 1.54) is 6.92 Å². The van der Waals surface area contributed by atoms with E-state index in [2.05, 4.69) is 0 Å². The van der Waals surface area contributed by atoms with E-state index in [9.17, 15) is 28.8 Å². The van der Waals surface area contributed by atoms with Crippen LogP contribution in [0.2, 0.25) is 20.1 Å². The van der Waals surface area contributed by atoms with Crippen molar-refractivity contribution in [2.45, 2.75) is 158 Å². The molecule has 0 saturated carbocycles. The summed E-state index contributed by atoms with van der Waals surface area (Å²) in [7, 11) is 0. The van der Waals surface area contributed by atoms with Crippen LogP contribution in [-0.2, 0) is 104 Å². The molecule has 0 radical (unpaired) electrons. The van der Waals surface area contributed by atoms with Gasteiger partial charge in [-0.3, -0.25) is 43.3 Å². The highest BCUT2D eigenvalue weighted by molar-refractivity contribution is 7.99. The lowest BCUT2D eigenvalue weighted by Gasteiger charge is -2.52. The zero-order valence-corrected chi connectivity index (χ0v) is 50.4. The van der Waals surface area contributed by atoms with Crippen molar-refractivity contribution < 1.29 is 99.9 Å². The zero-order chi connectivity index (χ0) is 61.4. The number of ether oxygens (including phenoxy) is 13. The van der Waals surface area contributed by atoms with E-state index >= 15 is 9.59 Å². The second-order valence-corrected chi connectivity index (χ2v) is 22.5. The van der Waals surface area contributed by atoms with Gasteiger partial charge in [0.15, 0.2) is 43.1 Å². The van der Waals surface area contributed by atoms with Crippen molar-refractivity contribution in [2.75, 3.05) is 13.2 Å². The molecule has 4 aromatic rings. The Bertz CT molecular complexity index is 3050. The topological polar surface area (TPSA) is 260 Å². The minimum Gasteiger partial charge on any atom is -0.463 e. The van der Waals surface area contributed by atoms with Gasteiger partial charge in [0.25, 0.3) is 11.8 Å². The molecule has 0 N–H and O–H groups in total. The third-order valence-corrected chi connectivity index (χ3v) is 16.6. The van der Waals surface area contributed by atoms with Gasteiger partial charge in [0.05, 0.1) is 57.1 Å². The molecule has 4 aromatic carbocycles. The van der Waals surface area contributed by atoms with E-state index in [0.29, 0.717) is 10.5 Å². The Balaban J connectivity index is 1.38. The molecule has 85 heavy (non-hydrogen) atoms. The SMILES string of the molecule is CC(=O)OC[C@H]1O[C@@H](O[C@H]2[C@H](O[C@@H]3O[C@@H](C)[C@@H](OC(C)=O)[C@@H](OC(C)=O)[C@@H]3OCc3ccccc3)[C@@H](N3C(=O)c4c(Cl)c(Cl)c(Cl)c(Cl)c4C3=O)[C@H](Sc3ccccc3)O[C@@H]2COCc2ccccc2)[C@H](OC(C)=O)[C@@H](OC(C)=O)[C@H]1OC(C)=O. The fourth-order valence-corrected chi connectivity index (χ4v) is 12.4. The first kappa shape index (κ1) is 65.1. The van der Waals surface area contributed by atoms with Crippen LogP contribution < -0.4 is 0 Å². The van der Waals surface area contributed by atoms with Gasteiger partial charge in [0, 0.05) is 46.4 Å². The molecular weight excluding hydrogens is 1220 g/mol. The smallest absolute Gasteiger partial charge is 0.303 e. The minimum atomic E-state index is -1.99. The van der Waals surface area contributed by atoms with Gasteiger partial charge in [0.2, 0.25) is 0 Å². The molecule has 22 nitrogen and oxygen atoms in total. The molecule has 0 spiro atoms. The number of hydrogen-bond acceptors (Lipinski definition) is 22. The number of carbonyl (C=O) groups excluding carboxylic acids is 8. The summed E-state index contributed by atoms with van der Waals surface area (Å²) in [6, 6.07) is 24.7. The Kier molecular flexibility index (Phi) is 22.3. The van der Waals surface area contributed by atoms with Crippen LogP contribution in [0.25, 0.3) is 0 Å². The number of thioether (sulfide) groups is 1. The summed E-state index contributed by atoms with van der Waals surface area (Å²) in [4.78, 5) is 110. The molecule has 0 bridgehead atoms. The van der Waals surface area contributed by atoms with Gasteiger partial charge in [0.1, 0.15) is 48.6 Å². The Morgan fingerprint density at radius 2 is 0.929 bits per heavy atom. The lowest BCUT2D eigenvalue weighted by Crippen LogP contribution is -2.70. The van der Waals surface area contributed by atoms with E-state index in [1.54, 1.807) is 84.9 Å². The first-order valence-electron chi connectivity index (χ1n) is 26.5. The van der Waals surface area contributed by atoms with Gasteiger partial charge in [-0.1, -0.05) is 137 Å². The van der Waals surface area contributed by atoms with Crippen LogP contribution in [0.5, 0.6) is 0 Å². The van der Waals surface area contributed by atoms with Crippen molar-refractivity contribution in [3.05, 3.63) is 133 Å². The van der Waals surface area contributed by atoms with Crippen LogP contribution in [0, 0.1) is 0 Å². The maximum atomic E-state index is 15.5. The summed E-state index contributed by atoms with van der Waals surface area (Å²) < 4.78 is 82.1. The zero-order valence-electron chi connectivity index (χ0n) is 46.6. The van der Waals surface area contributed by atoms with Gasteiger partial charge in [-0.2, -0.15) is 0 Å². The fraction of sp³-hybridized carbons (Fsp3) is 0.448. The van der Waals surface area contributed by atoms with Gasteiger partial charge in [-0.05, 0) is 30.2 Å². The highest BCUT2D eigenvalue weighted by Crippen LogP contribution is 2.49. The third kappa shape index (κ3) is 15.6. The Morgan fingerprint density at radius 1 is 0.482 bits per heavy atom. The van der Waals surface area contributed by atoms with Crippen LogP contribution in [0.1, 0.15) is 80.3 Å². The number of halogens is 4. The van der Waals surface area contributed by atoms with Gasteiger partial charge in [-0.15, -0.1) is 0 Å². The Hall–Kier alpha value is -5.93. The normalized spacial score (nSPS) is 28.2. The summed E-state index contributed by atoms with van der Waals surface area (Å²) in [5.74, 6) is -7.40. The average molecular weight is 1280 g/mol. The van der Waals surface area contributed by atoms with E-state index in [-0.39, 0.29) is 23.3 Å². The van der Waals surface area contributed by atoms with Crippen molar-refractivity contribution in [2.24, 2.45) is 0 Å². The second-order valence-electron chi connectivity index (χ2n) is 19.8. The van der Waals surface area contributed by atoms with Gasteiger partial charge < -0.3 is 61.6 Å². The molecule has 4 aliphatic heterocycles. The molecule has 3 saturated heterocycles. The van der Waals surface area contributed by atoms with E-state index in [4.69, 9.17) is 108 Å². The lowest BCUT2D eigenvalue weighted by atomic mass is 9.94. The highest BCUT2D eigenvalue weighted by atomic mass is 35.5. The Morgan fingerprint density at radius 3 is 1.46 bits per heavy atom. The van der Waals surface area contributed by atoms with Crippen LogP contribution in [0.15, 0.2) is 95.9 Å². The minimum absolute atomic E-state index is 0.0326. The van der Waals surface area contributed by atoms with Crippen molar-refractivity contribution in [3.63, 3.8) is 0 Å². The summed E-state index contributed by atoms with van der Waals surface area (Å²) >= 11 is 27.8. The number of imide groups is 1. The third-order valence-electron chi connectivity index (χ3n) is 13.6. The van der Waals surface area contributed by atoms with Crippen LogP contribution in [0.3, 0.4) is 0 Å². The number of esters is 6. The monoisotopic (exact) mass is 1280 g/mol. The molecule has 4 aliphatic rings. The molecule has 456 valence electrons. The number of nitrogens with zero attached hydrogens (tertiary/aromatic N) is 1. The van der Waals surface area contributed by atoms with Gasteiger partial charge in [-0.25, -0.2) is 0 Å². The van der Waals surface area contributed by atoms with Crippen molar-refractivity contribution >= 4 is 106 Å². The maximum Gasteiger partial charge on any atom is 0.303 e. The molecule has 0 unspecified atom stereocenters. The van der Waals surface area contributed by atoms with Gasteiger partial charge >= 0.3 is 35.8 Å². The predicted molar refractivity (Wildman–Crippen MR) is 300 cm³/mol. The number of amides is 2. The number of hydrogen-bond donors (Lipinski definition) is 0.